The lowest BCUT2D eigenvalue weighted by Crippen LogP contribution is -2.21. The Morgan fingerprint density at radius 2 is 1.83 bits per heavy atom. The molecule has 0 aliphatic heterocycles. The molecule has 3 aromatic rings. The van der Waals surface area contributed by atoms with E-state index in [0.29, 0.717) is 34.9 Å². The third-order valence-corrected chi connectivity index (χ3v) is 5.99. The number of thiophene rings is 1. The van der Waals surface area contributed by atoms with Crippen molar-refractivity contribution in [2.24, 2.45) is 0 Å². The minimum absolute atomic E-state index is 0.178. The highest BCUT2D eigenvalue weighted by atomic mass is 35.5. The third kappa shape index (κ3) is 4.54. The Morgan fingerprint density at radius 1 is 1.17 bits per heavy atom. The number of nitrogens with one attached hydrogen (secondary N) is 2. The van der Waals surface area contributed by atoms with Crippen molar-refractivity contribution in [3.63, 3.8) is 0 Å². The molecule has 11 heteroatoms. The molecule has 2 heterocycles. The van der Waals surface area contributed by atoms with Gasteiger partial charge in [-0.1, -0.05) is 23.2 Å². The largest absolute Gasteiger partial charge is 0.495 e. The van der Waals surface area contributed by atoms with Gasteiger partial charge in [-0.25, -0.2) is 9.97 Å². The van der Waals surface area contributed by atoms with Crippen LogP contribution in [-0.4, -0.2) is 62.2 Å². The second-order valence-electron chi connectivity index (χ2n) is 6.52. The van der Waals surface area contributed by atoms with Gasteiger partial charge in [-0.2, -0.15) is 0 Å². The molecule has 0 fully saturated rings. The van der Waals surface area contributed by atoms with Gasteiger partial charge in [0.05, 0.1) is 35.7 Å². The molecule has 160 valence electrons. The molecule has 8 nitrogen and oxygen atoms in total. The number of nitrogens with zero attached hydrogens (tertiary/aromatic N) is 3. The summed E-state index contributed by atoms with van der Waals surface area (Å²) in [4.78, 5) is 23.7. The van der Waals surface area contributed by atoms with Crippen LogP contribution >= 0.6 is 34.5 Å². The quantitative estimate of drug-likeness (QED) is 0.509. The van der Waals surface area contributed by atoms with Crippen molar-refractivity contribution in [2.75, 3.05) is 52.0 Å². The predicted octanol–water partition coefficient (Wildman–Crippen LogP) is 4.24. The number of carbonyl (C=O) groups excluding carboxylic acids is 1. The van der Waals surface area contributed by atoms with E-state index in [4.69, 9.17) is 32.7 Å². The summed E-state index contributed by atoms with van der Waals surface area (Å²) >= 11 is 14.1. The summed E-state index contributed by atoms with van der Waals surface area (Å²) < 4.78 is 11.3. The third-order valence-electron chi connectivity index (χ3n) is 4.26. The maximum Gasteiger partial charge on any atom is 0.258 e. The topological polar surface area (TPSA) is 88.6 Å². The van der Waals surface area contributed by atoms with E-state index in [9.17, 15) is 4.79 Å². The van der Waals surface area contributed by atoms with Gasteiger partial charge in [-0.05, 0) is 14.1 Å². The molecule has 0 bridgehead atoms. The summed E-state index contributed by atoms with van der Waals surface area (Å²) in [7, 11) is 6.92. The molecular formula is C19H21Cl2N5O3S. The van der Waals surface area contributed by atoms with Crippen molar-refractivity contribution < 1.29 is 14.3 Å². The van der Waals surface area contributed by atoms with Gasteiger partial charge >= 0.3 is 0 Å². The summed E-state index contributed by atoms with van der Waals surface area (Å²) in [5.41, 5.74) is 1.14. The van der Waals surface area contributed by atoms with E-state index in [-0.39, 0.29) is 15.7 Å². The second-order valence-corrected chi connectivity index (χ2v) is 8.15. The summed E-state index contributed by atoms with van der Waals surface area (Å²) in [5.74, 6) is 0.944. The number of hydrogen-bond acceptors (Lipinski definition) is 8. The minimum Gasteiger partial charge on any atom is -0.495 e. The van der Waals surface area contributed by atoms with Crippen LogP contribution in [0, 0.1) is 0 Å². The van der Waals surface area contributed by atoms with Crippen molar-refractivity contribution in [3.05, 3.63) is 33.4 Å². The number of hydrogen-bond donors (Lipinski definition) is 2. The van der Waals surface area contributed by atoms with Crippen LogP contribution in [0.3, 0.4) is 0 Å². The molecule has 0 spiro atoms. The van der Waals surface area contributed by atoms with Gasteiger partial charge in [-0.3, -0.25) is 4.79 Å². The first kappa shape index (κ1) is 22.4. The van der Waals surface area contributed by atoms with Crippen LogP contribution in [0.5, 0.6) is 11.5 Å². The first-order chi connectivity index (χ1) is 14.4. The lowest BCUT2D eigenvalue weighted by Gasteiger charge is -2.15. The number of anilines is 2. The molecule has 2 aromatic heterocycles. The van der Waals surface area contributed by atoms with Gasteiger partial charge in [0.2, 0.25) is 0 Å². The van der Waals surface area contributed by atoms with Crippen LogP contribution in [0.15, 0.2) is 17.8 Å². The van der Waals surface area contributed by atoms with E-state index in [1.165, 1.54) is 31.9 Å². The van der Waals surface area contributed by atoms with Crippen molar-refractivity contribution in [3.8, 4) is 11.5 Å². The van der Waals surface area contributed by atoms with E-state index in [0.717, 1.165) is 11.2 Å². The normalized spacial score (nSPS) is 11.0. The van der Waals surface area contributed by atoms with Gasteiger partial charge in [0.25, 0.3) is 5.91 Å². The van der Waals surface area contributed by atoms with Crippen LogP contribution in [-0.2, 0) is 0 Å². The zero-order valence-electron chi connectivity index (χ0n) is 16.9. The summed E-state index contributed by atoms with van der Waals surface area (Å²) in [5, 5.41) is 8.12. The van der Waals surface area contributed by atoms with E-state index >= 15 is 0 Å². The van der Waals surface area contributed by atoms with Crippen molar-refractivity contribution in [1.82, 2.24) is 14.9 Å². The molecule has 0 aliphatic carbocycles. The lowest BCUT2D eigenvalue weighted by atomic mass is 10.2. The number of rotatable bonds is 8. The smallest absolute Gasteiger partial charge is 0.258 e. The maximum absolute atomic E-state index is 13.0. The summed E-state index contributed by atoms with van der Waals surface area (Å²) in [6.07, 6.45) is 1.43. The average molecular weight is 470 g/mol. The highest BCUT2D eigenvalue weighted by Crippen LogP contribution is 2.44. The number of likely N-dealkylation sites (N-methyl/N-ethyl adjacent to an activating group) is 1. The molecule has 1 aromatic carbocycles. The number of halogens is 2. The number of methoxy groups -OCH3 is 2. The van der Waals surface area contributed by atoms with Crippen molar-refractivity contribution >= 4 is 62.2 Å². The molecule has 0 aliphatic rings. The van der Waals surface area contributed by atoms with Gasteiger partial charge in [-0.15, -0.1) is 11.3 Å². The number of carbonyl (C=O) groups is 1. The van der Waals surface area contributed by atoms with Gasteiger partial charge in [0.15, 0.2) is 0 Å². The number of benzene rings is 1. The van der Waals surface area contributed by atoms with Crippen LogP contribution in [0.25, 0.3) is 10.2 Å². The number of fused-ring (bicyclic) bond motifs is 1. The number of aromatic nitrogens is 2. The zero-order valence-corrected chi connectivity index (χ0v) is 19.2. The van der Waals surface area contributed by atoms with E-state index < -0.39 is 5.91 Å². The second kappa shape index (κ2) is 9.65. The van der Waals surface area contributed by atoms with Crippen LogP contribution in [0.4, 0.5) is 11.5 Å². The minimum atomic E-state index is -0.404. The Labute approximate surface area is 188 Å². The highest BCUT2D eigenvalue weighted by molar-refractivity contribution is 7.18. The van der Waals surface area contributed by atoms with Crippen LogP contribution in [0.2, 0.25) is 10.0 Å². The summed E-state index contributed by atoms with van der Waals surface area (Å²) in [6.45, 7) is 1.56. The van der Waals surface area contributed by atoms with E-state index in [1.807, 2.05) is 14.1 Å². The Hall–Kier alpha value is -2.33. The average Bonchev–Trinajstić information content (AvgIpc) is 3.16. The fourth-order valence-electron chi connectivity index (χ4n) is 2.71. The van der Waals surface area contributed by atoms with Gasteiger partial charge < -0.3 is 25.0 Å². The van der Waals surface area contributed by atoms with Crippen LogP contribution < -0.4 is 20.1 Å². The zero-order chi connectivity index (χ0) is 21.8. The molecule has 30 heavy (non-hydrogen) atoms. The Kier molecular flexibility index (Phi) is 7.19. The van der Waals surface area contributed by atoms with Crippen LogP contribution in [0.1, 0.15) is 10.4 Å². The van der Waals surface area contributed by atoms with E-state index in [2.05, 4.69) is 25.5 Å². The van der Waals surface area contributed by atoms with E-state index in [1.54, 1.807) is 11.4 Å². The molecule has 0 atom stereocenters. The fourth-order valence-corrected chi connectivity index (χ4v) is 4.27. The number of amides is 1. The Balaban J connectivity index is 1.92. The first-order valence-corrected chi connectivity index (χ1v) is 10.5. The molecular weight excluding hydrogens is 449 g/mol. The molecule has 0 unspecified atom stereocenters. The van der Waals surface area contributed by atoms with Gasteiger partial charge in [0, 0.05) is 24.5 Å². The van der Waals surface area contributed by atoms with Crippen molar-refractivity contribution in [2.45, 2.75) is 0 Å². The molecule has 0 saturated heterocycles. The van der Waals surface area contributed by atoms with Gasteiger partial charge in [0.1, 0.15) is 33.7 Å². The van der Waals surface area contributed by atoms with Crippen molar-refractivity contribution in [1.29, 1.82) is 0 Å². The SMILES string of the molecule is COc1cc(OC)c(Cl)c(NC(=O)c2csc3c(NCCN(C)C)ncnc23)c1Cl. The molecule has 1 amide bonds. The molecule has 2 N–H and O–H groups in total. The summed E-state index contributed by atoms with van der Waals surface area (Å²) in [6, 6.07) is 1.55. The fraction of sp³-hybridized carbons (Fsp3) is 0.316. The highest BCUT2D eigenvalue weighted by Gasteiger charge is 2.22. The lowest BCUT2D eigenvalue weighted by molar-refractivity contribution is 0.102. The standard InChI is InChI=1S/C19H21Cl2N5O3S/c1-26(2)6-5-22-18-17-15(23-9-24-18)10(8-30-17)19(27)25-16-13(20)11(28-3)7-12(29-4)14(16)21/h7-9H,5-6H2,1-4H3,(H,25,27)(H,22,23,24). The predicted molar refractivity (Wildman–Crippen MR) is 122 cm³/mol. The molecule has 0 radical (unpaired) electrons. The monoisotopic (exact) mass is 469 g/mol. The Bertz CT molecular complexity index is 1050. The maximum atomic E-state index is 13.0. The molecule has 3 rings (SSSR count). The molecule has 0 saturated carbocycles. The Morgan fingerprint density at radius 3 is 2.43 bits per heavy atom. The first-order valence-electron chi connectivity index (χ1n) is 8.89. The number of ether oxygens (including phenoxy) is 2.